The zero-order valence-electron chi connectivity index (χ0n) is 13.2. The molecule has 1 atom stereocenters. The molecule has 0 amide bonds. The number of allylic oxidation sites excluding steroid dienone is 1. The molecule has 1 aliphatic carbocycles. The minimum Gasteiger partial charge on any atom is -0.399 e. The molecule has 1 fully saturated rings. The number of nitrogen functional groups attached to an aromatic ring is 1. The molecule has 0 radical (unpaired) electrons. The number of anilines is 1. The van der Waals surface area contributed by atoms with Crippen LogP contribution < -0.4 is 5.73 Å². The molecule has 1 saturated carbocycles. The van der Waals surface area contributed by atoms with E-state index in [2.05, 4.69) is 34.1 Å². The maximum Gasteiger partial charge on any atom is 0.160 e. The molecular weight excluding hydrogens is 366 g/mol. The van der Waals surface area contributed by atoms with Crippen LogP contribution in [0.1, 0.15) is 30.0 Å². The molecule has 1 aliphatic heterocycles. The second-order valence-electron chi connectivity index (χ2n) is 6.12. The predicted molar refractivity (Wildman–Crippen MR) is 99.5 cm³/mol. The molecule has 4 nitrogen and oxygen atoms in total. The number of nitrogens with two attached hydrogens (primary N) is 1. The summed E-state index contributed by atoms with van der Waals surface area (Å²) in [6, 6.07) is 13.7. The molecule has 1 unspecified atom stereocenters. The lowest BCUT2D eigenvalue weighted by Gasteiger charge is -2.18. The molecule has 2 aromatic rings. The lowest BCUT2D eigenvalue weighted by atomic mass is 9.97. The van der Waals surface area contributed by atoms with Crippen molar-refractivity contribution in [2.24, 2.45) is 5.10 Å². The molecule has 1 heterocycles. The molecule has 5 heteroatoms. The monoisotopic (exact) mass is 381 g/mol. The summed E-state index contributed by atoms with van der Waals surface area (Å²) in [5.41, 5.74) is 11.4. The van der Waals surface area contributed by atoms with E-state index in [-0.39, 0.29) is 11.8 Å². The summed E-state index contributed by atoms with van der Waals surface area (Å²) < 4.78 is 0.992. The van der Waals surface area contributed by atoms with Crippen molar-refractivity contribution in [3.8, 4) is 0 Å². The number of hydrogen-bond donors (Lipinski definition) is 1. The first kappa shape index (κ1) is 15.1. The number of nitrogens with zero attached hydrogens (tertiary/aromatic N) is 2. The van der Waals surface area contributed by atoms with Crippen molar-refractivity contribution in [3.63, 3.8) is 0 Å². The van der Waals surface area contributed by atoms with Crippen LogP contribution >= 0.6 is 15.9 Å². The van der Waals surface area contributed by atoms with Gasteiger partial charge in [-0.25, -0.2) is 0 Å². The SMILES string of the molecule is CC1=Cc2ccc(Br)cc2C(c2ccc(N)cc2)=NN1C1CC1=O. The lowest BCUT2D eigenvalue weighted by molar-refractivity contribution is -0.111. The van der Waals surface area contributed by atoms with E-state index >= 15 is 0 Å². The molecule has 0 aromatic heterocycles. The summed E-state index contributed by atoms with van der Waals surface area (Å²) in [5.74, 6) is 0.232. The Hall–Kier alpha value is -2.40. The van der Waals surface area contributed by atoms with Gasteiger partial charge < -0.3 is 5.73 Å². The van der Waals surface area contributed by atoms with Crippen molar-refractivity contribution in [1.82, 2.24) is 5.01 Å². The summed E-state index contributed by atoms with van der Waals surface area (Å²) in [6.45, 7) is 1.99. The maximum atomic E-state index is 11.7. The van der Waals surface area contributed by atoms with Crippen LogP contribution in [0.2, 0.25) is 0 Å². The van der Waals surface area contributed by atoms with Gasteiger partial charge in [0.2, 0.25) is 0 Å². The fourth-order valence-electron chi connectivity index (χ4n) is 2.92. The smallest absolute Gasteiger partial charge is 0.160 e. The van der Waals surface area contributed by atoms with Crippen molar-refractivity contribution in [3.05, 3.63) is 69.3 Å². The van der Waals surface area contributed by atoms with Gasteiger partial charge in [0.05, 0.1) is 5.71 Å². The van der Waals surface area contributed by atoms with Crippen LogP contribution in [0.3, 0.4) is 0 Å². The Morgan fingerprint density at radius 3 is 2.58 bits per heavy atom. The van der Waals surface area contributed by atoms with E-state index in [1.807, 2.05) is 42.3 Å². The highest BCUT2D eigenvalue weighted by Gasteiger charge is 2.41. The summed E-state index contributed by atoms with van der Waals surface area (Å²) >= 11 is 3.55. The van der Waals surface area contributed by atoms with Crippen LogP contribution in [-0.4, -0.2) is 22.5 Å². The number of carbonyl (C=O) groups is 1. The number of halogens is 1. The standard InChI is InChI=1S/C19H16BrN3O/c1-11-8-13-2-5-14(20)9-16(13)19(12-3-6-15(21)7-4-12)22-23(11)17-10-18(17)24/h2-9,17H,10,21H2,1H3. The number of ketones is 1. The minimum atomic E-state index is -0.136. The molecule has 120 valence electrons. The Morgan fingerprint density at radius 1 is 1.21 bits per heavy atom. The zero-order valence-corrected chi connectivity index (χ0v) is 14.7. The average Bonchev–Trinajstić information content (AvgIpc) is 3.29. The van der Waals surface area contributed by atoms with Crippen molar-refractivity contribution < 1.29 is 4.79 Å². The number of hydrogen-bond acceptors (Lipinski definition) is 4. The molecule has 24 heavy (non-hydrogen) atoms. The van der Waals surface area contributed by atoms with E-state index in [0.717, 1.165) is 32.6 Å². The van der Waals surface area contributed by atoms with Crippen LogP contribution in [0.5, 0.6) is 0 Å². The van der Waals surface area contributed by atoms with E-state index in [4.69, 9.17) is 10.8 Å². The van der Waals surface area contributed by atoms with Gasteiger partial charge in [0.25, 0.3) is 0 Å². The van der Waals surface area contributed by atoms with Crippen LogP contribution in [0.15, 0.2) is 57.7 Å². The third kappa shape index (κ3) is 2.65. The van der Waals surface area contributed by atoms with Crippen molar-refractivity contribution in [1.29, 1.82) is 0 Å². The van der Waals surface area contributed by atoms with E-state index in [1.54, 1.807) is 0 Å². The average molecular weight is 382 g/mol. The Balaban J connectivity index is 1.92. The first-order valence-electron chi connectivity index (χ1n) is 7.77. The van der Waals surface area contributed by atoms with Gasteiger partial charge in [-0.05, 0) is 42.8 Å². The molecule has 2 N–H and O–H groups in total. The molecule has 0 saturated heterocycles. The predicted octanol–water partition coefficient (Wildman–Crippen LogP) is 3.80. The summed E-state index contributed by atoms with van der Waals surface area (Å²) in [6.07, 6.45) is 2.64. The number of fused-ring (bicyclic) bond motifs is 1. The fourth-order valence-corrected chi connectivity index (χ4v) is 3.28. The van der Waals surface area contributed by atoms with Gasteiger partial charge >= 0.3 is 0 Å². The van der Waals surface area contributed by atoms with Crippen LogP contribution in [0.25, 0.3) is 6.08 Å². The second-order valence-corrected chi connectivity index (χ2v) is 7.03. The molecular formula is C19H16BrN3O. The number of hydrazone groups is 1. The largest absolute Gasteiger partial charge is 0.399 e. The molecule has 4 rings (SSSR count). The highest BCUT2D eigenvalue weighted by molar-refractivity contribution is 9.10. The van der Waals surface area contributed by atoms with Crippen LogP contribution in [-0.2, 0) is 4.79 Å². The number of Topliss-reactive ketones (excluding diaryl/α,β-unsaturated/α-hetero) is 1. The van der Waals surface area contributed by atoms with Gasteiger partial charge in [0.15, 0.2) is 5.78 Å². The van der Waals surface area contributed by atoms with Crippen LogP contribution in [0.4, 0.5) is 5.69 Å². The Kier molecular flexibility index (Phi) is 3.53. The van der Waals surface area contributed by atoms with Crippen molar-refractivity contribution >= 4 is 39.2 Å². The highest BCUT2D eigenvalue weighted by Crippen LogP contribution is 2.32. The van der Waals surface area contributed by atoms with Crippen molar-refractivity contribution in [2.45, 2.75) is 19.4 Å². The number of carbonyl (C=O) groups excluding carboxylic acids is 1. The Morgan fingerprint density at radius 2 is 1.92 bits per heavy atom. The first-order valence-corrected chi connectivity index (χ1v) is 8.57. The topological polar surface area (TPSA) is 58.7 Å². The van der Waals surface area contributed by atoms with Gasteiger partial charge in [0.1, 0.15) is 6.04 Å². The van der Waals surface area contributed by atoms with Gasteiger partial charge in [-0.1, -0.05) is 34.1 Å². The number of benzene rings is 2. The quantitative estimate of drug-likeness (QED) is 0.804. The Labute approximate surface area is 148 Å². The molecule has 2 aromatic carbocycles. The normalized spacial score (nSPS) is 19.3. The Bertz CT molecular complexity index is 899. The number of rotatable bonds is 2. The third-order valence-corrected chi connectivity index (χ3v) is 4.78. The van der Waals surface area contributed by atoms with Crippen LogP contribution in [0, 0.1) is 0 Å². The van der Waals surface area contributed by atoms with Gasteiger partial charge in [-0.15, -0.1) is 0 Å². The summed E-state index contributed by atoms with van der Waals surface area (Å²) in [4.78, 5) is 11.7. The van der Waals surface area contributed by atoms with Gasteiger partial charge in [-0.3, -0.25) is 9.80 Å². The van der Waals surface area contributed by atoms with E-state index < -0.39 is 0 Å². The lowest BCUT2D eigenvalue weighted by Crippen LogP contribution is -2.21. The minimum absolute atomic E-state index is 0.136. The highest BCUT2D eigenvalue weighted by atomic mass is 79.9. The maximum absolute atomic E-state index is 11.7. The fraction of sp³-hybridized carbons (Fsp3) is 0.158. The summed E-state index contributed by atoms with van der Waals surface area (Å²) in [7, 11) is 0. The van der Waals surface area contributed by atoms with E-state index in [0.29, 0.717) is 12.1 Å². The van der Waals surface area contributed by atoms with Crippen molar-refractivity contribution in [2.75, 3.05) is 5.73 Å². The molecule has 0 spiro atoms. The summed E-state index contributed by atoms with van der Waals surface area (Å²) in [5, 5.41) is 6.70. The van der Waals surface area contributed by atoms with E-state index in [9.17, 15) is 4.79 Å². The third-order valence-electron chi connectivity index (χ3n) is 4.29. The molecule has 0 bridgehead atoms. The zero-order chi connectivity index (χ0) is 16.8. The van der Waals surface area contributed by atoms with Gasteiger partial charge in [0, 0.05) is 33.4 Å². The molecule has 2 aliphatic rings. The van der Waals surface area contributed by atoms with Gasteiger partial charge in [-0.2, -0.15) is 5.10 Å². The first-order chi connectivity index (χ1) is 11.5. The van der Waals surface area contributed by atoms with E-state index in [1.165, 1.54) is 0 Å². The second kappa shape index (κ2) is 5.60.